The van der Waals surface area contributed by atoms with Gasteiger partial charge in [0.2, 0.25) is 0 Å². The van der Waals surface area contributed by atoms with Gasteiger partial charge in [0.05, 0.1) is 32.2 Å². The maximum absolute atomic E-state index is 13.2. The Morgan fingerprint density at radius 2 is 1.85 bits per heavy atom. The lowest BCUT2D eigenvalue weighted by Crippen LogP contribution is -2.31. The number of Topliss-reactive ketones (excluding diaryl/α,β-unsaturated/α-hetero) is 1. The normalized spacial score (nSPS) is 17.3. The van der Waals surface area contributed by atoms with Crippen LogP contribution >= 0.6 is 11.6 Å². The summed E-state index contributed by atoms with van der Waals surface area (Å²) < 4.78 is 12.9. The Morgan fingerprint density at radius 3 is 2.50 bits per heavy atom. The third-order valence-corrected chi connectivity index (χ3v) is 6.01. The first-order valence-electron chi connectivity index (χ1n) is 10.7. The lowest BCUT2D eigenvalue weighted by Gasteiger charge is -2.27. The minimum atomic E-state index is -0.858. The highest BCUT2D eigenvalue weighted by Crippen LogP contribution is 2.45. The molecule has 1 atom stereocenters. The van der Waals surface area contributed by atoms with E-state index in [1.54, 1.807) is 55.0 Å². The minimum Gasteiger partial charge on any atom is -0.507 e. The van der Waals surface area contributed by atoms with Gasteiger partial charge in [-0.15, -0.1) is 0 Å². The van der Waals surface area contributed by atoms with Crippen molar-refractivity contribution in [2.24, 2.45) is 0 Å². The number of carbonyl (C=O) groups is 2. The number of halogens is 1. The predicted octanol–water partition coefficient (Wildman–Crippen LogP) is 4.07. The number of hydrogen-bond acceptors (Lipinski definition) is 6. The van der Waals surface area contributed by atoms with Crippen LogP contribution in [0.5, 0.6) is 11.5 Å². The number of ether oxygens (including phenoxy) is 2. The molecule has 0 spiro atoms. The Bertz CT molecular complexity index is 1220. The molecule has 1 unspecified atom stereocenters. The largest absolute Gasteiger partial charge is 0.507 e. The summed E-state index contributed by atoms with van der Waals surface area (Å²) in [6.07, 6.45) is 5.78. The quantitative estimate of drug-likeness (QED) is 0.296. The molecule has 34 heavy (non-hydrogen) atoms. The first-order valence-corrected chi connectivity index (χ1v) is 11.0. The number of para-hydroxylation sites is 1. The average molecular weight is 482 g/mol. The molecule has 2 aromatic carbocycles. The SMILES string of the molecule is COc1cccc(C2C(=C(O)c3ccc(Cl)cc3)C(=O)C(=O)N2CCCn2ccnc2)c1OC. The number of benzene rings is 2. The first kappa shape index (κ1) is 23.4. The van der Waals surface area contributed by atoms with Crippen molar-refractivity contribution in [2.45, 2.75) is 19.0 Å². The molecule has 1 amide bonds. The Kier molecular flexibility index (Phi) is 6.88. The predicted molar refractivity (Wildman–Crippen MR) is 127 cm³/mol. The fraction of sp³-hybridized carbons (Fsp3) is 0.240. The molecule has 0 aliphatic carbocycles. The van der Waals surface area contributed by atoms with Crippen LogP contribution < -0.4 is 9.47 Å². The molecule has 2 heterocycles. The highest BCUT2D eigenvalue weighted by atomic mass is 35.5. The van der Waals surface area contributed by atoms with E-state index in [1.807, 2.05) is 10.8 Å². The molecule has 9 heteroatoms. The van der Waals surface area contributed by atoms with Gasteiger partial charge in [-0.25, -0.2) is 4.98 Å². The van der Waals surface area contributed by atoms with E-state index in [9.17, 15) is 14.7 Å². The molecule has 0 radical (unpaired) electrons. The van der Waals surface area contributed by atoms with Gasteiger partial charge >= 0.3 is 0 Å². The van der Waals surface area contributed by atoms with Crippen LogP contribution in [0.25, 0.3) is 5.76 Å². The lowest BCUT2D eigenvalue weighted by atomic mass is 9.94. The molecule has 176 valence electrons. The number of aryl methyl sites for hydroxylation is 1. The molecule has 4 rings (SSSR count). The number of imidazole rings is 1. The Morgan fingerprint density at radius 1 is 1.09 bits per heavy atom. The fourth-order valence-electron chi connectivity index (χ4n) is 4.17. The van der Waals surface area contributed by atoms with Gasteiger partial charge in [-0.1, -0.05) is 23.7 Å². The van der Waals surface area contributed by atoms with E-state index in [0.717, 1.165) is 0 Å². The summed E-state index contributed by atoms with van der Waals surface area (Å²) in [6.45, 7) is 0.896. The molecule has 1 fully saturated rings. The Balaban J connectivity index is 1.81. The van der Waals surface area contributed by atoms with Gasteiger partial charge in [0.1, 0.15) is 5.76 Å². The maximum atomic E-state index is 13.2. The molecule has 1 N–H and O–H groups in total. The van der Waals surface area contributed by atoms with Gasteiger partial charge in [0.15, 0.2) is 11.5 Å². The maximum Gasteiger partial charge on any atom is 0.295 e. The summed E-state index contributed by atoms with van der Waals surface area (Å²) in [5.41, 5.74) is 0.911. The van der Waals surface area contributed by atoms with Crippen LogP contribution in [0, 0.1) is 0 Å². The fourth-order valence-corrected chi connectivity index (χ4v) is 4.29. The molecular weight excluding hydrogens is 458 g/mol. The zero-order valence-corrected chi connectivity index (χ0v) is 19.5. The molecule has 0 saturated carbocycles. The molecule has 3 aromatic rings. The summed E-state index contributed by atoms with van der Waals surface area (Å²) in [7, 11) is 3.00. The third-order valence-electron chi connectivity index (χ3n) is 5.76. The third kappa shape index (κ3) is 4.36. The van der Waals surface area contributed by atoms with Crippen molar-refractivity contribution in [3.63, 3.8) is 0 Å². The lowest BCUT2D eigenvalue weighted by molar-refractivity contribution is -0.140. The van der Waals surface area contributed by atoms with Gasteiger partial charge < -0.3 is 24.0 Å². The number of hydrogen-bond donors (Lipinski definition) is 1. The second kappa shape index (κ2) is 10.0. The van der Waals surface area contributed by atoms with Crippen molar-refractivity contribution in [1.82, 2.24) is 14.5 Å². The second-order valence-corrected chi connectivity index (χ2v) is 8.17. The molecule has 1 aromatic heterocycles. The average Bonchev–Trinajstić information content (AvgIpc) is 3.45. The number of aliphatic hydroxyl groups excluding tert-OH is 1. The number of methoxy groups -OCH3 is 2. The van der Waals surface area contributed by atoms with Gasteiger partial charge in [-0.3, -0.25) is 9.59 Å². The van der Waals surface area contributed by atoms with Gasteiger partial charge in [0.25, 0.3) is 11.7 Å². The molecule has 1 aliphatic heterocycles. The minimum absolute atomic E-state index is 0.0125. The smallest absolute Gasteiger partial charge is 0.295 e. The van der Waals surface area contributed by atoms with Crippen LogP contribution in [0.2, 0.25) is 5.02 Å². The van der Waals surface area contributed by atoms with Gasteiger partial charge in [-0.05, 0) is 36.8 Å². The summed E-state index contributed by atoms with van der Waals surface area (Å²) in [5, 5.41) is 11.7. The number of amides is 1. The van der Waals surface area contributed by atoms with Crippen LogP contribution in [0.4, 0.5) is 0 Å². The van der Waals surface area contributed by atoms with E-state index in [2.05, 4.69) is 4.98 Å². The van der Waals surface area contributed by atoms with Crippen molar-refractivity contribution in [2.75, 3.05) is 20.8 Å². The van der Waals surface area contributed by atoms with E-state index >= 15 is 0 Å². The van der Waals surface area contributed by atoms with Crippen LogP contribution in [-0.4, -0.2) is 52.0 Å². The molecule has 0 bridgehead atoms. The molecule has 8 nitrogen and oxygen atoms in total. The number of aliphatic hydroxyl groups is 1. The summed E-state index contributed by atoms with van der Waals surface area (Å²) in [5.74, 6) is -0.878. The van der Waals surface area contributed by atoms with Crippen LogP contribution in [0.15, 0.2) is 66.8 Å². The van der Waals surface area contributed by atoms with Crippen molar-refractivity contribution in [1.29, 1.82) is 0 Å². The van der Waals surface area contributed by atoms with Crippen LogP contribution in [0.3, 0.4) is 0 Å². The monoisotopic (exact) mass is 481 g/mol. The summed E-state index contributed by atoms with van der Waals surface area (Å²) in [4.78, 5) is 31.9. The van der Waals surface area contributed by atoms with Crippen molar-refractivity contribution in [3.8, 4) is 11.5 Å². The highest BCUT2D eigenvalue weighted by Gasteiger charge is 2.47. The van der Waals surface area contributed by atoms with Crippen molar-refractivity contribution in [3.05, 3.63) is 82.9 Å². The zero-order chi connectivity index (χ0) is 24.2. The van der Waals surface area contributed by atoms with Gasteiger partial charge in [0, 0.05) is 41.6 Å². The number of rotatable bonds is 8. The second-order valence-electron chi connectivity index (χ2n) is 7.74. The van der Waals surface area contributed by atoms with E-state index in [4.69, 9.17) is 21.1 Å². The first-order chi connectivity index (χ1) is 16.5. The number of carbonyl (C=O) groups excluding carboxylic acids is 2. The Hall–Kier alpha value is -3.78. The van der Waals surface area contributed by atoms with Crippen LogP contribution in [-0.2, 0) is 16.1 Å². The number of aromatic nitrogens is 2. The number of nitrogens with zero attached hydrogens (tertiary/aromatic N) is 3. The summed E-state index contributed by atoms with van der Waals surface area (Å²) in [6, 6.07) is 10.8. The molecule has 1 aliphatic rings. The molecule has 1 saturated heterocycles. The number of likely N-dealkylation sites (tertiary alicyclic amines) is 1. The van der Waals surface area contributed by atoms with E-state index in [0.29, 0.717) is 40.6 Å². The van der Waals surface area contributed by atoms with Crippen molar-refractivity contribution >= 4 is 29.1 Å². The Labute approximate surface area is 202 Å². The van der Waals surface area contributed by atoms with Crippen molar-refractivity contribution < 1.29 is 24.2 Å². The van der Waals surface area contributed by atoms with E-state index in [-0.39, 0.29) is 17.9 Å². The summed E-state index contributed by atoms with van der Waals surface area (Å²) >= 11 is 5.98. The van der Waals surface area contributed by atoms with Gasteiger partial charge in [-0.2, -0.15) is 0 Å². The highest BCUT2D eigenvalue weighted by molar-refractivity contribution is 6.46. The standard InChI is InChI=1S/C25H24ClN3O5/c1-33-19-6-3-5-18(24(19)34-2)21-20(22(30)16-7-9-17(26)10-8-16)23(31)25(32)29(21)13-4-12-28-14-11-27-15-28/h3,5-11,14-15,21,30H,4,12-13H2,1-2H3. The molecular formula is C25H24ClN3O5. The van der Waals surface area contributed by atoms with E-state index in [1.165, 1.54) is 19.1 Å². The van der Waals surface area contributed by atoms with E-state index < -0.39 is 17.7 Å². The topological polar surface area (TPSA) is 93.9 Å². The number of ketones is 1. The zero-order valence-electron chi connectivity index (χ0n) is 18.8. The van der Waals surface area contributed by atoms with Crippen LogP contribution in [0.1, 0.15) is 23.6 Å².